The Hall–Kier alpha value is -3.72. The van der Waals surface area contributed by atoms with Gasteiger partial charge in [-0.25, -0.2) is 0 Å². The maximum absolute atomic E-state index is 3.77. The molecule has 0 aliphatic rings. The smallest absolute Gasteiger partial charge is 0.0648 e. The van der Waals surface area contributed by atoms with E-state index in [1.165, 1.54) is 72.0 Å². The number of hydrogen-bond acceptors (Lipinski definition) is 0. The fourth-order valence-corrected chi connectivity index (χ4v) is 5.33. The molecule has 0 bridgehead atoms. The van der Waals surface area contributed by atoms with E-state index in [1.807, 2.05) is 0 Å². The number of H-pyrrole nitrogens is 3. The van der Waals surface area contributed by atoms with Crippen LogP contribution in [-0.4, -0.2) is 15.0 Å². The third-order valence-corrected chi connectivity index (χ3v) is 7.25. The van der Waals surface area contributed by atoms with E-state index >= 15 is 0 Å². The van der Waals surface area contributed by atoms with E-state index in [0.717, 1.165) is 0 Å². The molecule has 6 aromatic rings. The SMILES string of the molecule is Cc1[nH]c2cc(C(c3[nH]c4ccccc4c3C)c3[nH]c4ccccc4c3C)ccc2c1C. The summed E-state index contributed by atoms with van der Waals surface area (Å²) < 4.78 is 0. The summed E-state index contributed by atoms with van der Waals surface area (Å²) in [7, 11) is 0. The monoisotopic (exact) mass is 417 g/mol. The van der Waals surface area contributed by atoms with Gasteiger partial charge in [-0.3, -0.25) is 0 Å². The molecule has 158 valence electrons. The lowest BCUT2D eigenvalue weighted by Crippen LogP contribution is -2.07. The molecule has 3 aromatic carbocycles. The second kappa shape index (κ2) is 6.89. The van der Waals surface area contributed by atoms with Gasteiger partial charge in [0.05, 0.1) is 5.92 Å². The number of aromatic amines is 3. The molecule has 0 saturated carbocycles. The van der Waals surface area contributed by atoms with Gasteiger partial charge in [-0.05, 0) is 68.1 Å². The fraction of sp³-hybridized carbons (Fsp3) is 0.172. The fourth-order valence-electron chi connectivity index (χ4n) is 5.33. The summed E-state index contributed by atoms with van der Waals surface area (Å²) >= 11 is 0. The first-order valence-electron chi connectivity index (χ1n) is 11.3. The quantitative estimate of drug-likeness (QED) is 0.266. The standard InChI is InChI=1S/C29H27N3/c1-16-19(4)30-26-15-20(13-14-23(16)26)27(28-17(2)21-9-5-7-11-24(21)31-28)29-18(3)22-10-6-8-12-25(22)32-29/h5-15,27,30-32H,1-4H3. The molecular weight excluding hydrogens is 390 g/mol. The molecule has 0 radical (unpaired) electrons. The van der Waals surface area contributed by atoms with Crippen molar-refractivity contribution >= 4 is 32.7 Å². The van der Waals surface area contributed by atoms with Crippen LogP contribution in [0.4, 0.5) is 0 Å². The number of rotatable bonds is 3. The van der Waals surface area contributed by atoms with Gasteiger partial charge in [-0.1, -0.05) is 48.5 Å². The molecule has 0 aliphatic carbocycles. The summed E-state index contributed by atoms with van der Waals surface area (Å²) in [5.41, 5.74) is 12.5. The summed E-state index contributed by atoms with van der Waals surface area (Å²) in [6.45, 7) is 8.81. The predicted octanol–water partition coefficient (Wildman–Crippen LogP) is 7.54. The van der Waals surface area contributed by atoms with E-state index in [0.29, 0.717) is 0 Å². The first kappa shape index (κ1) is 19.0. The van der Waals surface area contributed by atoms with Gasteiger partial charge in [-0.2, -0.15) is 0 Å². The number of hydrogen-bond donors (Lipinski definition) is 3. The maximum atomic E-state index is 3.77. The van der Waals surface area contributed by atoms with Crippen molar-refractivity contribution in [1.82, 2.24) is 15.0 Å². The summed E-state index contributed by atoms with van der Waals surface area (Å²) in [5.74, 6) is 0.0862. The Balaban J connectivity index is 1.66. The van der Waals surface area contributed by atoms with Gasteiger partial charge in [0.15, 0.2) is 0 Å². The van der Waals surface area contributed by atoms with Crippen molar-refractivity contribution in [3.8, 4) is 0 Å². The zero-order valence-electron chi connectivity index (χ0n) is 18.9. The predicted molar refractivity (Wildman–Crippen MR) is 135 cm³/mol. The van der Waals surface area contributed by atoms with E-state index in [4.69, 9.17) is 0 Å². The lowest BCUT2D eigenvalue weighted by atomic mass is 9.87. The average Bonchev–Trinajstić information content (AvgIpc) is 3.41. The highest BCUT2D eigenvalue weighted by Crippen LogP contribution is 2.40. The molecule has 0 saturated heterocycles. The van der Waals surface area contributed by atoms with Crippen molar-refractivity contribution in [2.24, 2.45) is 0 Å². The van der Waals surface area contributed by atoms with E-state index < -0.39 is 0 Å². The topological polar surface area (TPSA) is 47.4 Å². The van der Waals surface area contributed by atoms with Crippen LogP contribution in [0.25, 0.3) is 32.7 Å². The van der Waals surface area contributed by atoms with Crippen molar-refractivity contribution in [3.05, 3.63) is 106 Å². The maximum Gasteiger partial charge on any atom is 0.0648 e. The highest BCUT2D eigenvalue weighted by atomic mass is 14.8. The molecule has 6 rings (SSSR count). The van der Waals surface area contributed by atoms with Gasteiger partial charge in [-0.15, -0.1) is 0 Å². The molecule has 32 heavy (non-hydrogen) atoms. The number of aromatic nitrogens is 3. The van der Waals surface area contributed by atoms with Crippen LogP contribution in [0.5, 0.6) is 0 Å². The number of benzene rings is 3. The second-order valence-electron chi connectivity index (χ2n) is 9.03. The first-order chi connectivity index (χ1) is 15.5. The molecule has 3 N–H and O–H groups in total. The Morgan fingerprint density at radius 2 is 1.06 bits per heavy atom. The molecule has 0 fully saturated rings. The molecule has 3 heterocycles. The Kier molecular flexibility index (Phi) is 4.09. The van der Waals surface area contributed by atoms with Gasteiger partial charge in [0.1, 0.15) is 0 Å². The van der Waals surface area contributed by atoms with Gasteiger partial charge in [0.2, 0.25) is 0 Å². The molecule has 3 heteroatoms. The summed E-state index contributed by atoms with van der Waals surface area (Å²) in [5, 5.41) is 3.87. The number of fused-ring (bicyclic) bond motifs is 3. The Bertz CT molecular complexity index is 1540. The normalized spacial score (nSPS) is 12.0. The van der Waals surface area contributed by atoms with Crippen LogP contribution in [-0.2, 0) is 0 Å². The van der Waals surface area contributed by atoms with Crippen molar-refractivity contribution in [1.29, 1.82) is 0 Å². The van der Waals surface area contributed by atoms with Crippen LogP contribution in [0.3, 0.4) is 0 Å². The number of para-hydroxylation sites is 2. The van der Waals surface area contributed by atoms with E-state index in [1.54, 1.807) is 0 Å². The van der Waals surface area contributed by atoms with E-state index in [9.17, 15) is 0 Å². The average molecular weight is 418 g/mol. The molecule has 0 atom stereocenters. The lowest BCUT2D eigenvalue weighted by Gasteiger charge is -2.18. The van der Waals surface area contributed by atoms with Crippen LogP contribution in [0.1, 0.15) is 45.3 Å². The first-order valence-corrected chi connectivity index (χ1v) is 11.3. The van der Waals surface area contributed by atoms with Crippen LogP contribution in [0, 0.1) is 27.7 Å². The number of aryl methyl sites for hydroxylation is 4. The van der Waals surface area contributed by atoms with E-state index in [2.05, 4.69) is 109 Å². The summed E-state index contributed by atoms with van der Waals surface area (Å²) in [6, 6.07) is 24.1. The minimum Gasteiger partial charge on any atom is -0.358 e. The molecular formula is C29H27N3. The highest BCUT2D eigenvalue weighted by molar-refractivity contribution is 5.89. The lowest BCUT2D eigenvalue weighted by molar-refractivity contribution is 0.888. The van der Waals surface area contributed by atoms with Crippen LogP contribution in [0.2, 0.25) is 0 Å². The minimum atomic E-state index is 0.0862. The summed E-state index contributed by atoms with van der Waals surface area (Å²) in [4.78, 5) is 11.1. The van der Waals surface area contributed by atoms with Gasteiger partial charge in [0.25, 0.3) is 0 Å². The third-order valence-electron chi connectivity index (χ3n) is 7.25. The molecule has 0 aliphatic heterocycles. The van der Waals surface area contributed by atoms with E-state index in [-0.39, 0.29) is 5.92 Å². The highest BCUT2D eigenvalue weighted by Gasteiger charge is 2.26. The Morgan fingerprint density at radius 3 is 1.62 bits per heavy atom. The molecule has 0 amide bonds. The van der Waals surface area contributed by atoms with Crippen molar-refractivity contribution in [2.45, 2.75) is 33.6 Å². The van der Waals surface area contributed by atoms with Gasteiger partial charge < -0.3 is 15.0 Å². The Morgan fingerprint density at radius 1 is 0.531 bits per heavy atom. The van der Waals surface area contributed by atoms with Crippen LogP contribution >= 0.6 is 0 Å². The largest absolute Gasteiger partial charge is 0.358 e. The number of nitrogens with one attached hydrogen (secondary N) is 3. The molecule has 3 nitrogen and oxygen atoms in total. The van der Waals surface area contributed by atoms with Crippen molar-refractivity contribution < 1.29 is 0 Å². The summed E-state index contributed by atoms with van der Waals surface area (Å²) in [6.07, 6.45) is 0. The molecule has 0 unspecified atom stereocenters. The minimum absolute atomic E-state index is 0.0862. The zero-order valence-corrected chi connectivity index (χ0v) is 18.9. The van der Waals surface area contributed by atoms with Crippen LogP contribution in [0.15, 0.2) is 66.7 Å². The molecule has 3 aromatic heterocycles. The van der Waals surface area contributed by atoms with Crippen molar-refractivity contribution in [3.63, 3.8) is 0 Å². The van der Waals surface area contributed by atoms with Crippen molar-refractivity contribution in [2.75, 3.05) is 0 Å². The zero-order chi connectivity index (χ0) is 22.0. The third kappa shape index (κ3) is 2.67. The van der Waals surface area contributed by atoms with Crippen LogP contribution < -0.4 is 0 Å². The molecule has 0 spiro atoms. The van der Waals surface area contributed by atoms with Gasteiger partial charge >= 0.3 is 0 Å². The van der Waals surface area contributed by atoms with Gasteiger partial charge in [0, 0.05) is 49.8 Å². The Labute approximate surface area is 187 Å². The second-order valence-corrected chi connectivity index (χ2v) is 9.03.